The molecular formula is C16H17FN2O2. The maximum absolute atomic E-state index is 12.7. The van der Waals surface area contributed by atoms with Crippen molar-refractivity contribution < 1.29 is 13.9 Å². The summed E-state index contributed by atoms with van der Waals surface area (Å²) in [5.41, 5.74) is 7.95. The average molecular weight is 288 g/mol. The zero-order chi connectivity index (χ0) is 15.2. The molecule has 0 atom stereocenters. The van der Waals surface area contributed by atoms with Crippen LogP contribution in [0.15, 0.2) is 42.5 Å². The van der Waals surface area contributed by atoms with Crippen LogP contribution < -0.4 is 15.8 Å². The van der Waals surface area contributed by atoms with E-state index in [0.717, 1.165) is 5.56 Å². The molecule has 0 spiro atoms. The van der Waals surface area contributed by atoms with Gasteiger partial charge in [-0.3, -0.25) is 4.79 Å². The average Bonchev–Trinajstić information content (AvgIpc) is 2.46. The van der Waals surface area contributed by atoms with Crippen LogP contribution in [0.1, 0.15) is 12.0 Å². The summed E-state index contributed by atoms with van der Waals surface area (Å²) in [4.78, 5) is 11.8. The van der Waals surface area contributed by atoms with Crippen molar-refractivity contribution >= 4 is 17.3 Å². The topological polar surface area (TPSA) is 64.3 Å². The predicted octanol–water partition coefficient (Wildman–Crippen LogP) is 3.12. The molecule has 4 nitrogen and oxygen atoms in total. The summed E-state index contributed by atoms with van der Waals surface area (Å²) in [7, 11) is 0. The molecule has 0 aromatic heterocycles. The van der Waals surface area contributed by atoms with E-state index in [1.165, 1.54) is 24.3 Å². The molecule has 3 N–H and O–H groups in total. The molecule has 0 saturated heterocycles. The fourth-order valence-electron chi connectivity index (χ4n) is 1.79. The Morgan fingerprint density at radius 3 is 2.67 bits per heavy atom. The number of nitrogens with one attached hydrogen (secondary N) is 1. The van der Waals surface area contributed by atoms with E-state index >= 15 is 0 Å². The third kappa shape index (κ3) is 4.21. The normalized spacial score (nSPS) is 10.2. The monoisotopic (exact) mass is 288 g/mol. The molecule has 0 aliphatic carbocycles. The molecule has 5 heteroatoms. The number of nitrogen functional groups attached to an aromatic ring is 1. The summed E-state index contributed by atoms with van der Waals surface area (Å²) in [6.07, 6.45) is 0.200. The highest BCUT2D eigenvalue weighted by molar-refractivity contribution is 5.92. The van der Waals surface area contributed by atoms with Gasteiger partial charge in [-0.15, -0.1) is 0 Å². The number of ether oxygens (including phenoxy) is 1. The van der Waals surface area contributed by atoms with Gasteiger partial charge in [-0.05, 0) is 48.9 Å². The molecule has 0 aliphatic rings. The van der Waals surface area contributed by atoms with Gasteiger partial charge in [0.1, 0.15) is 11.6 Å². The van der Waals surface area contributed by atoms with Crippen LogP contribution in [0.3, 0.4) is 0 Å². The summed E-state index contributed by atoms with van der Waals surface area (Å²) in [6.45, 7) is 2.07. The number of carbonyl (C=O) groups is 1. The van der Waals surface area contributed by atoms with Crippen LogP contribution in [0.2, 0.25) is 0 Å². The predicted molar refractivity (Wildman–Crippen MR) is 80.7 cm³/mol. The highest BCUT2D eigenvalue weighted by Crippen LogP contribution is 2.20. The number of halogens is 1. The number of hydrogen-bond donors (Lipinski definition) is 2. The summed E-state index contributed by atoms with van der Waals surface area (Å²) in [5.74, 6) is 0.0485. The SMILES string of the molecule is Cc1c(N)cccc1NC(=O)CCOc1ccc(F)cc1. The molecule has 0 bridgehead atoms. The first-order chi connectivity index (χ1) is 10.1. The molecule has 0 saturated carbocycles. The number of carbonyl (C=O) groups excluding carboxylic acids is 1. The van der Waals surface area contributed by atoms with Crippen LogP contribution in [0.5, 0.6) is 5.75 Å². The van der Waals surface area contributed by atoms with Gasteiger partial charge in [0.15, 0.2) is 0 Å². The minimum absolute atomic E-state index is 0.161. The highest BCUT2D eigenvalue weighted by atomic mass is 19.1. The third-order valence-electron chi connectivity index (χ3n) is 3.06. The number of anilines is 2. The lowest BCUT2D eigenvalue weighted by atomic mass is 10.1. The summed E-state index contributed by atoms with van der Waals surface area (Å²) >= 11 is 0. The van der Waals surface area contributed by atoms with E-state index in [1.807, 2.05) is 6.92 Å². The van der Waals surface area contributed by atoms with Crippen LogP contribution in [0.25, 0.3) is 0 Å². The fraction of sp³-hybridized carbons (Fsp3) is 0.188. The lowest BCUT2D eigenvalue weighted by molar-refractivity contribution is -0.116. The maximum atomic E-state index is 12.7. The zero-order valence-corrected chi connectivity index (χ0v) is 11.7. The number of nitrogens with two attached hydrogens (primary N) is 1. The van der Waals surface area contributed by atoms with Gasteiger partial charge in [-0.2, -0.15) is 0 Å². The van der Waals surface area contributed by atoms with Crippen molar-refractivity contribution in [3.8, 4) is 5.75 Å². The second kappa shape index (κ2) is 6.74. The maximum Gasteiger partial charge on any atom is 0.227 e. The van der Waals surface area contributed by atoms with Crippen molar-refractivity contribution in [1.82, 2.24) is 0 Å². The summed E-state index contributed by atoms with van der Waals surface area (Å²) < 4.78 is 18.1. The van der Waals surface area contributed by atoms with E-state index in [9.17, 15) is 9.18 Å². The first-order valence-electron chi connectivity index (χ1n) is 6.59. The first kappa shape index (κ1) is 14.8. The molecule has 2 aromatic rings. The number of hydrogen-bond acceptors (Lipinski definition) is 3. The lowest BCUT2D eigenvalue weighted by Gasteiger charge is -2.10. The van der Waals surface area contributed by atoms with E-state index in [2.05, 4.69) is 5.32 Å². The van der Waals surface area contributed by atoms with Gasteiger partial charge in [0.05, 0.1) is 13.0 Å². The number of rotatable bonds is 5. The minimum atomic E-state index is -0.322. The van der Waals surface area contributed by atoms with Crippen LogP contribution >= 0.6 is 0 Å². The molecule has 21 heavy (non-hydrogen) atoms. The largest absolute Gasteiger partial charge is 0.493 e. The smallest absolute Gasteiger partial charge is 0.227 e. The molecule has 2 aromatic carbocycles. The van der Waals surface area contributed by atoms with E-state index in [4.69, 9.17) is 10.5 Å². The Morgan fingerprint density at radius 2 is 1.95 bits per heavy atom. The van der Waals surface area contributed by atoms with E-state index < -0.39 is 0 Å². The van der Waals surface area contributed by atoms with Crippen molar-refractivity contribution in [2.45, 2.75) is 13.3 Å². The molecular weight excluding hydrogens is 271 g/mol. The van der Waals surface area contributed by atoms with Crippen LogP contribution in [-0.2, 0) is 4.79 Å². The van der Waals surface area contributed by atoms with Gasteiger partial charge < -0.3 is 15.8 Å². The van der Waals surface area contributed by atoms with Crippen molar-refractivity contribution in [3.63, 3.8) is 0 Å². The lowest BCUT2D eigenvalue weighted by Crippen LogP contribution is -2.16. The van der Waals surface area contributed by atoms with E-state index in [-0.39, 0.29) is 24.8 Å². The molecule has 0 radical (unpaired) electrons. The van der Waals surface area contributed by atoms with Gasteiger partial charge in [-0.1, -0.05) is 6.07 Å². The van der Waals surface area contributed by atoms with Crippen molar-refractivity contribution in [3.05, 3.63) is 53.8 Å². The van der Waals surface area contributed by atoms with Crippen molar-refractivity contribution in [2.75, 3.05) is 17.7 Å². The Morgan fingerprint density at radius 1 is 1.24 bits per heavy atom. The Balaban J connectivity index is 1.82. The molecule has 2 rings (SSSR count). The fourth-order valence-corrected chi connectivity index (χ4v) is 1.79. The second-order valence-electron chi connectivity index (χ2n) is 4.62. The highest BCUT2D eigenvalue weighted by Gasteiger charge is 2.06. The van der Waals surface area contributed by atoms with Crippen LogP contribution in [-0.4, -0.2) is 12.5 Å². The molecule has 0 unspecified atom stereocenters. The van der Waals surface area contributed by atoms with Crippen LogP contribution in [0.4, 0.5) is 15.8 Å². The molecule has 1 amide bonds. The second-order valence-corrected chi connectivity index (χ2v) is 4.62. The minimum Gasteiger partial charge on any atom is -0.493 e. The standard InChI is InChI=1S/C16H17FN2O2/c1-11-14(18)3-2-4-15(11)19-16(20)9-10-21-13-7-5-12(17)6-8-13/h2-8H,9-10,18H2,1H3,(H,19,20). The Labute approximate surface area is 122 Å². The van der Waals surface area contributed by atoms with E-state index in [0.29, 0.717) is 17.1 Å². The third-order valence-corrected chi connectivity index (χ3v) is 3.06. The Hall–Kier alpha value is -2.56. The first-order valence-corrected chi connectivity index (χ1v) is 6.59. The van der Waals surface area contributed by atoms with E-state index in [1.54, 1.807) is 18.2 Å². The van der Waals surface area contributed by atoms with Crippen LogP contribution in [0, 0.1) is 12.7 Å². The van der Waals surface area contributed by atoms with Gasteiger partial charge in [-0.25, -0.2) is 4.39 Å². The molecule has 110 valence electrons. The zero-order valence-electron chi connectivity index (χ0n) is 11.7. The van der Waals surface area contributed by atoms with Crippen molar-refractivity contribution in [1.29, 1.82) is 0 Å². The summed E-state index contributed by atoms with van der Waals surface area (Å²) in [6, 6.07) is 11.0. The number of benzene rings is 2. The summed E-state index contributed by atoms with van der Waals surface area (Å²) in [5, 5.41) is 2.79. The molecule has 0 heterocycles. The molecule has 0 aliphatic heterocycles. The quantitative estimate of drug-likeness (QED) is 0.831. The number of amides is 1. The van der Waals surface area contributed by atoms with Gasteiger partial charge in [0.2, 0.25) is 5.91 Å². The van der Waals surface area contributed by atoms with Gasteiger partial charge in [0, 0.05) is 11.4 Å². The van der Waals surface area contributed by atoms with Crippen molar-refractivity contribution in [2.24, 2.45) is 0 Å². The van der Waals surface area contributed by atoms with Gasteiger partial charge >= 0.3 is 0 Å². The Bertz CT molecular complexity index is 627. The Kier molecular flexibility index (Phi) is 4.77. The van der Waals surface area contributed by atoms with Gasteiger partial charge in [0.25, 0.3) is 0 Å². The molecule has 0 fully saturated rings.